The zero-order valence-corrected chi connectivity index (χ0v) is 13.9. The molecule has 0 bridgehead atoms. The first-order chi connectivity index (χ1) is 11.1. The van der Waals surface area contributed by atoms with Crippen LogP contribution in [-0.4, -0.2) is 49.7 Å². The predicted octanol–water partition coefficient (Wildman–Crippen LogP) is 1.27. The zero-order chi connectivity index (χ0) is 16.2. The van der Waals surface area contributed by atoms with Gasteiger partial charge >= 0.3 is 0 Å². The van der Waals surface area contributed by atoms with Crippen LogP contribution < -0.4 is 9.64 Å². The number of benzene rings is 2. The maximum atomic E-state index is 10.3. The number of nitrogens with one attached hydrogen (secondary N) is 1. The van der Waals surface area contributed by atoms with E-state index in [1.54, 1.807) is 0 Å². The number of fused-ring (bicyclic) bond motifs is 1. The van der Waals surface area contributed by atoms with E-state index in [-0.39, 0.29) is 12.2 Å². The van der Waals surface area contributed by atoms with Gasteiger partial charge in [-0.3, -0.25) is 0 Å². The molecule has 3 unspecified atom stereocenters. The molecule has 1 aliphatic rings. The van der Waals surface area contributed by atoms with Crippen molar-refractivity contribution >= 4 is 10.8 Å². The molecule has 3 atom stereocenters. The van der Waals surface area contributed by atoms with Gasteiger partial charge in [-0.15, -0.1) is 0 Å². The zero-order valence-electron chi connectivity index (χ0n) is 13.9. The summed E-state index contributed by atoms with van der Waals surface area (Å²) in [6, 6.07) is 14.2. The number of aliphatic hydroxyl groups excluding tert-OH is 1. The minimum Gasteiger partial charge on any atom is -0.491 e. The second kappa shape index (κ2) is 7.30. The lowest BCUT2D eigenvalue weighted by molar-refractivity contribution is -0.918. The van der Waals surface area contributed by atoms with Crippen molar-refractivity contribution in [3.05, 3.63) is 42.5 Å². The quantitative estimate of drug-likeness (QED) is 0.873. The van der Waals surface area contributed by atoms with Crippen LogP contribution in [0.25, 0.3) is 10.8 Å². The van der Waals surface area contributed by atoms with E-state index in [0.717, 1.165) is 24.2 Å². The summed E-state index contributed by atoms with van der Waals surface area (Å²) in [5, 5.41) is 12.6. The molecule has 0 aromatic heterocycles. The van der Waals surface area contributed by atoms with Crippen molar-refractivity contribution in [3.8, 4) is 5.75 Å². The molecular weight excluding hydrogens is 290 g/mol. The second-order valence-electron chi connectivity index (χ2n) is 6.59. The van der Waals surface area contributed by atoms with E-state index >= 15 is 0 Å². The van der Waals surface area contributed by atoms with Gasteiger partial charge in [0.15, 0.2) is 0 Å². The number of rotatable bonds is 5. The van der Waals surface area contributed by atoms with E-state index in [4.69, 9.17) is 9.47 Å². The number of hydrogen-bond donors (Lipinski definition) is 2. The minimum absolute atomic E-state index is 0.252. The monoisotopic (exact) mass is 316 g/mol. The molecule has 1 saturated heterocycles. The molecule has 0 amide bonds. The van der Waals surface area contributed by atoms with Gasteiger partial charge in [0.1, 0.15) is 50.3 Å². The fourth-order valence-corrected chi connectivity index (χ4v) is 3.40. The Morgan fingerprint density at radius 1 is 1.13 bits per heavy atom. The van der Waals surface area contributed by atoms with Gasteiger partial charge in [0.2, 0.25) is 0 Å². The Morgan fingerprint density at radius 3 is 2.57 bits per heavy atom. The Labute approximate surface area is 137 Å². The van der Waals surface area contributed by atoms with Crippen molar-refractivity contribution in [2.24, 2.45) is 0 Å². The third-order valence-electron chi connectivity index (χ3n) is 4.30. The maximum Gasteiger partial charge on any atom is 0.137 e. The molecule has 4 nitrogen and oxygen atoms in total. The standard InChI is InChI=1S/C19H25NO3/c1-14-10-20(11-15(2)23-14)12-18(21)13-22-19-8-7-16-5-3-4-6-17(16)9-19/h3-9,14-15,18,21H,10-13H2,1-2H3/p+1. The SMILES string of the molecule is CC1C[NH+](CC(O)COc2ccc3ccccc3c2)CC(C)O1. The van der Waals surface area contributed by atoms with Crippen LogP contribution >= 0.6 is 0 Å². The molecule has 124 valence electrons. The van der Waals surface area contributed by atoms with Crippen molar-refractivity contribution in [2.75, 3.05) is 26.2 Å². The highest BCUT2D eigenvalue weighted by atomic mass is 16.5. The molecule has 1 heterocycles. The first-order valence-electron chi connectivity index (χ1n) is 8.39. The Kier molecular flexibility index (Phi) is 5.16. The molecule has 0 saturated carbocycles. The van der Waals surface area contributed by atoms with E-state index in [9.17, 15) is 5.11 Å². The van der Waals surface area contributed by atoms with E-state index in [0.29, 0.717) is 13.2 Å². The molecule has 0 radical (unpaired) electrons. The summed E-state index contributed by atoms with van der Waals surface area (Å²) in [5.74, 6) is 0.807. The summed E-state index contributed by atoms with van der Waals surface area (Å²) < 4.78 is 11.5. The highest BCUT2D eigenvalue weighted by molar-refractivity contribution is 5.83. The van der Waals surface area contributed by atoms with Crippen molar-refractivity contribution in [3.63, 3.8) is 0 Å². The number of quaternary nitrogens is 1. The summed E-state index contributed by atoms with van der Waals surface area (Å²) in [6.45, 7) is 7.09. The predicted molar refractivity (Wildman–Crippen MR) is 91.0 cm³/mol. The number of ether oxygens (including phenoxy) is 2. The molecule has 2 N–H and O–H groups in total. The molecule has 23 heavy (non-hydrogen) atoms. The Balaban J connectivity index is 1.52. The van der Waals surface area contributed by atoms with Crippen LogP contribution in [0.1, 0.15) is 13.8 Å². The largest absolute Gasteiger partial charge is 0.491 e. The van der Waals surface area contributed by atoms with E-state index < -0.39 is 6.10 Å². The van der Waals surface area contributed by atoms with E-state index in [1.807, 2.05) is 30.3 Å². The van der Waals surface area contributed by atoms with Gasteiger partial charge in [-0.1, -0.05) is 30.3 Å². The van der Waals surface area contributed by atoms with Gasteiger partial charge in [0, 0.05) is 0 Å². The first kappa shape index (κ1) is 16.2. The van der Waals surface area contributed by atoms with Gasteiger partial charge in [-0.25, -0.2) is 0 Å². The van der Waals surface area contributed by atoms with Crippen LogP contribution in [0.5, 0.6) is 5.75 Å². The minimum atomic E-state index is -0.464. The fourth-order valence-electron chi connectivity index (χ4n) is 3.40. The Morgan fingerprint density at radius 2 is 1.83 bits per heavy atom. The van der Waals surface area contributed by atoms with Crippen LogP contribution in [0.2, 0.25) is 0 Å². The summed E-state index contributed by atoms with van der Waals surface area (Å²) in [7, 11) is 0. The normalized spacial score (nSPS) is 26.1. The van der Waals surface area contributed by atoms with Gasteiger partial charge < -0.3 is 19.5 Å². The molecule has 0 aliphatic carbocycles. The number of morpholine rings is 1. The van der Waals surface area contributed by atoms with Gasteiger partial charge in [-0.05, 0) is 36.8 Å². The van der Waals surface area contributed by atoms with Crippen molar-refractivity contribution in [2.45, 2.75) is 32.2 Å². The number of aliphatic hydroxyl groups is 1. The molecule has 3 rings (SSSR count). The summed E-state index contributed by atoms with van der Waals surface area (Å²) in [6.07, 6.45) is 0.0404. The number of hydrogen-bond acceptors (Lipinski definition) is 3. The lowest BCUT2D eigenvalue weighted by Gasteiger charge is -2.33. The van der Waals surface area contributed by atoms with E-state index in [2.05, 4.69) is 26.0 Å². The average molecular weight is 316 g/mol. The maximum absolute atomic E-state index is 10.3. The van der Waals surface area contributed by atoms with Gasteiger partial charge in [0.05, 0.1) is 0 Å². The lowest BCUT2D eigenvalue weighted by atomic mass is 10.1. The smallest absolute Gasteiger partial charge is 0.137 e. The third kappa shape index (κ3) is 4.44. The molecular formula is C19H26NO3+. The summed E-state index contributed by atoms with van der Waals surface area (Å²) in [4.78, 5) is 1.38. The highest BCUT2D eigenvalue weighted by Gasteiger charge is 2.27. The highest BCUT2D eigenvalue weighted by Crippen LogP contribution is 2.20. The molecule has 2 aromatic rings. The molecule has 4 heteroatoms. The first-order valence-corrected chi connectivity index (χ1v) is 8.39. The summed E-state index contributed by atoms with van der Waals surface area (Å²) >= 11 is 0. The van der Waals surface area contributed by atoms with Crippen LogP contribution in [0, 0.1) is 0 Å². The van der Waals surface area contributed by atoms with Gasteiger partial charge in [-0.2, -0.15) is 0 Å². The fraction of sp³-hybridized carbons (Fsp3) is 0.474. The molecule has 1 aliphatic heterocycles. The van der Waals surface area contributed by atoms with Crippen molar-refractivity contribution in [1.29, 1.82) is 0 Å². The Bertz CT molecular complexity index is 635. The topological polar surface area (TPSA) is 43.1 Å². The average Bonchev–Trinajstić information content (AvgIpc) is 2.52. The van der Waals surface area contributed by atoms with Crippen LogP contribution in [0.15, 0.2) is 42.5 Å². The molecule has 2 aromatic carbocycles. The lowest BCUT2D eigenvalue weighted by Crippen LogP contribution is -3.16. The van der Waals surface area contributed by atoms with Crippen LogP contribution in [0.3, 0.4) is 0 Å². The molecule has 0 spiro atoms. The third-order valence-corrected chi connectivity index (χ3v) is 4.30. The second-order valence-corrected chi connectivity index (χ2v) is 6.59. The Hall–Kier alpha value is -1.62. The molecule has 1 fully saturated rings. The van der Waals surface area contributed by atoms with Crippen molar-refractivity contribution in [1.82, 2.24) is 0 Å². The van der Waals surface area contributed by atoms with Crippen molar-refractivity contribution < 1.29 is 19.5 Å². The van der Waals surface area contributed by atoms with E-state index in [1.165, 1.54) is 10.3 Å². The summed E-state index contributed by atoms with van der Waals surface area (Å²) in [5.41, 5.74) is 0. The van der Waals surface area contributed by atoms with Crippen LogP contribution in [-0.2, 0) is 4.74 Å². The van der Waals surface area contributed by atoms with Gasteiger partial charge in [0.25, 0.3) is 0 Å². The van der Waals surface area contributed by atoms with Crippen LogP contribution in [0.4, 0.5) is 0 Å².